The number of carbonyl (C=O) groups excluding carboxylic acids is 1. The summed E-state index contributed by atoms with van der Waals surface area (Å²) in [5.41, 5.74) is 3.48. The van der Waals surface area contributed by atoms with Gasteiger partial charge in [0, 0.05) is 12.2 Å². The summed E-state index contributed by atoms with van der Waals surface area (Å²) in [4.78, 5) is 14.0. The number of aryl methyl sites for hydroxylation is 1. The fourth-order valence-corrected chi connectivity index (χ4v) is 2.46. The molecule has 0 heterocycles. The minimum Gasteiger partial charge on any atom is -0.387 e. The summed E-state index contributed by atoms with van der Waals surface area (Å²) in [7, 11) is 0. The van der Waals surface area contributed by atoms with Crippen molar-refractivity contribution >= 4 is 11.7 Å². The highest BCUT2D eigenvalue weighted by molar-refractivity contribution is 5.89. The van der Waals surface area contributed by atoms with Crippen LogP contribution in [0.2, 0.25) is 0 Å². The number of hydrogen-bond donors (Lipinski definition) is 2. The molecule has 0 aliphatic carbocycles. The van der Waals surface area contributed by atoms with E-state index >= 15 is 0 Å². The number of amides is 2. The molecule has 5 heteroatoms. The van der Waals surface area contributed by atoms with Crippen molar-refractivity contribution in [2.75, 3.05) is 18.4 Å². The third-order valence-corrected chi connectivity index (χ3v) is 4.01. The lowest BCUT2D eigenvalue weighted by Crippen LogP contribution is -2.37. The number of hydrogen-bond acceptors (Lipinski definition) is 3. The molecule has 0 bridgehead atoms. The monoisotopic (exact) mass is 337 g/mol. The van der Waals surface area contributed by atoms with Crippen LogP contribution >= 0.6 is 0 Å². The molecule has 0 radical (unpaired) electrons. The highest BCUT2D eigenvalue weighted by Crippen LogP contribution is 2.16. The Morgan fingerprint density at radius 3 is 2.40 bits per heavy atom. The van der Waals surface area contributed by atoms with Gasteiger partial charge < -0.3 is 15.3 Å². The number of rotatable bonds is 6. The van der Waals surface area contributed by atoms with Gasteiger partial charge in [0.05, 0.1) is 25.1 Å². The Hall–Kier alpha value is -2.84. The quantitative estimate of drug-likeness (QED) is 0.845. The van der Waals surface area contributed by atoms with Gasteiger partial charge in [-0.25, -0.2) is 4.79 Å². The van der Waals surface area contributed by atoms with E-state index in [1.54, 1.807) is 17.0 Å². The lowest BCUT2D eigenvalue weighted by Gasteiger charge is -2.24. The van der Waals surface area contributed by atoms with Crippen molar-refractivity contribution < 1.29 is 9.90 Å². The minimum atomic E-state index is -0.732. The molecule has 25 heavy (non-hydrogen) atoms. The van der Waals surface area contributed by atoms with E-state index in [2.05, 4.69) is 11.4 Å². The molecular formula is C20H23N3O2. The molecule has 1 unspecified atom stereocenters. The zero-order chi connectivity index (χ0) is 18.2. The van der Waals surface area contributed by atoms with Crippen LogP contribution < -0.4 is 5.32 Å². The highest BCUT2D eigenvalue weighted by Gasteiger charge is 2.17. The average Bonchev–Trinajstić information content (AvgIpc) is 2.62. The van der Waals surface area contributed by atoms with Crippen molar-refractivity contribution in [3.63, 3.8) is 0 Å². The smallest absolute Gasteiger partial charge is 0.321 e. The SMILES string of the molecule is CCN(CC(O)c1ccc(C)cc1)C(=O)Nc1ccc(CC#N)cc1. The molecular weight excluding hydrogens is 314 g/mol. The molecule has 2 N–H and O–H groups in total. The zero-order valence-electron chi connectivity index (χ0n) is 14.6. The van der Waals surface area contributed by atoms with Gasteiger partial charge in [-0.3, -0.25) is 0 Å². The molecule has 5 nitrogen and oxygen atoms in total. The Balaban J connectivity index is 1.98. The first-order valence-electron chi connectivity index (χ1n) is 8.30. The van der Waals surface area contributed by atoms with Crippen LogP contribution in [0.5, 0.6) is 0 Å². The van der Waals surface area contributed by atoms with E-state index in [1.807, 2.05) is 50.2 Å². The summed E-state index contributed by atoms with van der Waals surface area (Å²) >= 11 is 0. The second kappa shape index (κ2) is 8.86. The molecule has 0 spiro atoms. The van der Waals surface area contributed by atoms with Crippen molar-refractivity contribution in [1.82, 2.24) is 4.90 Å². The van der Waals surface area contributed by atoms with E-state index in [0.717, 1.165) is 16.7 Å². The number of benzene rings is 2. The number of urea groups is 1. The molecule has 2 aromatic rings. The number of likely N-dealkylation sites (N-methyl/N-ethyl adjacent to an activating group) is 1. The van der Waals surface area contributed by atoms with Gasteiger partial charge in [-0.2, -0.15) is 5.26 Å². The van der Waals surface area contributed by atoms with Crippen molar-refractivity contribution in [1.29, 1.82) is 5.26 Å². The Labute approximate surface area is 148 Å². The first kappa shape index (κ1) is 18.5. The Kier molecular flexibility index (Phi) is 6.55. The maximum absolute atomic E-state index is 12.4. The van der Waals surface area contributed by atoms with Crippen LogP contribution in [0.15, 0.2) is 48.5 Å². The fourth-order valence-electron chi connectivity index (χ4n) is 2.46. The van der Waals surface area contributed by atoms with E-state index < -0.39 is 6.10 Å². The van der Waals surface area contributed by atoms with E-state index in [9.17, 15) is 9.90 Å². The Morgan fingerprint density at radius 1 is 1.20 bits per heavy atom. The van der Waals surface area contributed by atoms with E-state index in [4.69, 9.17) is 5.26 Å². The number of nitriles is 1. The maximum Gasteiger partial charge on any atom is 0.321 e. The summed E-state index contributed by atoms with van der Waals surface area (Å²) in [5.74, 6) is 0. The largest absolute Gasteiger partial charge is 0.387 e. The van der Waals surface area contributed by atoms with Crippen LogP contribution in [0.3, 0.4) is 0 Å². The molecule has 0 aliphatic heterocycles. The topological polar surface area (TPSA) is 76.4 Å². The molecule has 0 saturated heterocycles. The molecule has 0 saturated carbocycles. The number of anilines is 1. The van der Waals surface area contributed by atoms with Crippen molar-refractivity contribution in [2.24, 2.45) is 0 Å². The first-order chi connectivity index (χ1) is 12.0. The van der Waals surface area contributed by atoms with Crippen LogP contribution in [0.1, 0.15) is 29.7 Å². The first-order valence-corrected chi connectivity index (χ1v) is 8.30. The molecule has 2 amide bonds. The molecule has 0 fully saturated rings. The van der Waals surface area contributed by atoms with Crippen molar-refractivity contribution in [3.05, 3.63) is 65.2 Å². The summed E-state index contributed by atoms with van der Waals surface area (Å²) in [6.07, 6.45) is -0.387. The number of nitrogens with zero attached hydrogens (tertiary/aromatic N) is 2. The van der Waals surface area contributed by atoms with E-state index in [-0.39, 0.29) is 12.6 Å². The van der Waals surface area contributed by atoms with Crippen LogP contribution in [-0.2, 0) is 6.42 Å². The Morgan fingerprint density at radius 2 is 1.84 bits per heavy atom. The average molecular weight is 337 g/mol. The normalized spacial score (nSPS) is 11.4. The lowest BCUT2D eigenvalue weighted by atomic mass is 10.1. The second-order valence-corrected chi connectivity index (χ2v) is 5.93. The van der Waals surface area contributed by atoms with E-state index in [0.29, 0.717) is 18.7 Å². The third-order valence-electron chi connectivity index (χ3n) is 4.01. The summed E-state index contributed by atoms with van der Waals surface area (Å²) < 4.78 is 0. The number of aliphatic hydroxyl groups is 1. The van der Waals surface area contributed by atoms with Gasteiger partial charge in [-0.05, 0) is 37.1 Å². The standard InChI is InChI=1S/C20H23N3O2/c1-3-23(14-19(24)17-8-4-15(2)5-9-17)20(25)22-18-10-6-16(7-11-18)12-13-21/h4-11,19,24H,3,12,14H2,1-2H3,(H,22,25). The minimum absolute atomic E-state index is 0.220. The van der Waals surface area contributed by atoms with Crippen LogP contribution in [0.25, 0.3) is 0 Å². The van der Waals surface area contributed by atoms with Crippen molar-refractivity contribution in [2.45, 2.75) is 26.4 Å². The van der Waals surface area contributed by atoms with Gasteiger partial charge in [-0.15, -0.1) is 0 Å². The van der Waals surface area contributed by atoms with Crippen molar-refractivity contribution in [3.8, 4) is 6.07 Å². The maximum atomic E-state index is 12.4. The zero-order valence-corrected chi connectivity index (χ0v) is 14.6. The lowest BCUT2D eigenvalue weighted by molar-refractivity contribution is 0.128. The molecule has 130 valence electrons. The van der Waals surface area contributed by atoms with Gasteiger partial charge in [0.15, 0.2) is 0 Å². The fraction of sp³-hybridized carbons (Fsp3) is 0.300. The summed E-state index contributed by atoms with van der Waals surface area (Å²) in [6.45, 7) is 4.57. The number of aliphatic hydroxyl groups excluding tert-OH is 1. The summed E-state index contributed by atoms with van der Waals surface area (Å²) in [5, 5.41) is 21.9. The van der Waals surface area contributed by atoms with Gasteiger partial charge in [0.1, 0.15) is 0 Å². The predicted octanol–water partition coefficient (Wildman–Crippen LogP) is 3.65. The predicted molar refractivity (Wildman–Crippen MR) is 98.2 cm³/mol. The molecule has 2 aromatic carbocycles. The molecule has 2 rings (SSSR count). The highest BCUT2D eigenvalue weighted by atomic mass is 16.3. The molecule has 0 aliphatic rings. The van der Waals surface area contributed by atoms with E-state index in [1.165, 1.54) is 0 Å². The van der Waals surface area contributed by atoms with Gasteiger partial charge >= 0.3 is 6.03 Å². The van der Waals surface area contributed by atoms with Crippen LogP contribution in [-0.4, -0.2) is 29.1 Å². The van der Waals surface area contributed by atoms with Crippen LogP contribution in [0.4, 0.5) is 10.5 Å². The number of carbonyl (C=O) groups is 1. The molecule has 0 aromatic heterocycles. The Bertz CT molecular complexity index is 733. The molecule has 1 atom stereocenters. The van der Waals surface area contributed by atoms with Gasteiger partial charge in [0.2, 0.25) is 0 Å². The second-order valence-electron chi connectivity index (χ2n) is 5.93. The van der Waals surface area contributed by atoms with Gasteiger partial charge in [-0.1, -0.05) is 42.0 Å². The third kappa shape index (κ3) is 5.33. The summed E-state index contributed by atoms with van der Waals surface area (Å²) in [6, 6.07) is 16.6. The van der Waals surface area contributed by atoms with Gasteiger partial charge in [0.25, 0.3) is 0 Å². The number of nitrogens with one attached hydrogen (secondary N) is 1. The van der Waals surface area contributed by atoms with Crippen LogP contribution in [0, 0.1) is 18.3 Å².